The fraction of sp³-hybridized carbons (Fsp3) is 0.692. The molecule has 2 heterocycles. The first-order chi connectivity index (χ1) is 8.24. The lowest BCUT2D eigenvalue weighted by Gasteiger charge is -2.39. The van der Waals surface area contributed by atoms with E-state index in [9.17, 15) is 0 Å². The van der Waals surface area contributed by atoms with E-state index in [1.807, 2.05) is 6.07 Å². The van der Waals surface area contributed by atoms with E-state index in [-0.39, 0.29) is 0 Å². The Balaban J connectivity index is 2.03. The van der Waals surface area contributed by atoms with E-state index in [1.165, 1.54) is 12.8 Å². The normalized spacial score (nSPS) is 26.3. The molecule has 1 fully saturated rings. The van der Waals surface area contributed by atoms with Crippen LogP contribution in [-0.4, -0.2) is 30.1 Å². The second kappa shape index (κ2) is 6.03. The second-order valence-corrected chi connectivity index (χ2v) is 5.55. The van der Waals surface area contributed by atoms with Crippen molar-refractivity contribution in [2.45, 2.75) is 45.3 Å². The van der Waals surface area contributed by atoms with E-state index in [2.05, 4.69) is 40.0 Å². The highest BCUT2D eigenvalue weighted by molar-refractivity contribution is 9.10. The van der Waals surface area contributed by atoms with Crippen LogP contribution >= 0.6 is 15.9 Å². The zero-order valence-electron chi connectivity index (χ0n) is 10.6. The molecule has 2 atom stereocenters. The van der Waals surface area contributed by atoms with Crippen LogP contribution in [0.1, 0.15) is 32.4 Å². The molecule has 0 amide bonds. The first-order valence-corrected chi connectivity index (χ1v) is 7.23. The third kappa shape index (κ3) is 3.12. The van der Waals surface area contributed by atoms with Gasteiger partial charge in [-0.1, -0.05) is 13.8 Å². The standard InChI is InChI=1S/C13H21BrN2O/c1-3-10-8-16(11(4-2)7-15-10)9-13-12(14)5-6-17-13/h5-6,10-11,15H,3-4,7-9H2,1-2H3. The van der Waals surface area contributed by atoms with Gasteiger partial charge in [-0.25, -0.2) is 0 Å². The van der Waals surface area contributed by atoms with E-state index < -0.39 is 0 Å². The summed E-state index contributed by atoms with van der Waals surface area (Å²) >= 11 is 3.53. The van der Waals surface area contributed by atoms with Crippen LogP contribution in [0.3, 0.4) is 0 Å². The Hall–Kier alpha value is -0.320. The average Bonchev–Trinajstić information content (AvgIpc) is 2.75. The summed E-state index contributed by atoms with van der Waals surface area (Å²) in [5.74, 6) is 1.04. The van der Waals surface area contributed by atoms with Gasteiger partial charge in [-0.15, -0.1) is 0 Å². The molecule has 1 N–H and O–H groups in total. The Morgan fingerprint density at radius 1 is 1.47 bits per heavy atom. The third-order valence-corrected chi connectivity index (χ3v) is 4.32. The molecule has 0 bridgehead atoms. The van der Waals surface area contributed by atoms with Gasteiger partial charge in [0.05, 0.1) is 17.3 Å². The quantitative estimate of drug-likeness (QED) is 0.926. The van der Waals surface area contributed by atoms with Gasteiger partial charge in [0.25, 0.3) is 0 Å². The minimum absolute atomic E-state index is 0.617. The molecule has 17 heavy (non-hydrogen) atoms. The zero-order chi connectivity index (χ0) is 12.3. The van der Waals surface area contributed by atoms with Gasteiger partial charge in [0.2, 0.25) is 0 Å². The van der Waals surface area contributed by atoms with Crippen molar-refractivity contribution in [2.24, 2.45) is 0 Å². The first kappa shape index (κ1) is 13.1. The molecule has 2 unspecified atom stereocenters. The molecule has 1 aromatic rings. The van der Waals surface area contributed by atoms with E-state index in [1.54, 1.807) is 6.26 Å². The third-order valence-electron chi connectivity index (χ3n) is 3.62. The van der Waals surface area contributed by atoms with Crippen LogP contribution in [0.2, 0.25) is 0 Å². The molecule has 0 spiro atoms. The van der Waals surface area contributed by atoms with Gasteiger partial charge in [-0.3, -0.25) is 4.90 Å². The van der Waals surface area contributed by atoms with Crippen molar-refractivity contribution in [3.63, 3.8) is 0 Å². The Bertz CT molecular complexity index is 353. The van der Waals surface area contributed by atoms with Crippen LogP contribution in [0.15, 0.2) is 21.2 Å². The minimum atomic E-state index is 0.617. The summed E-state index contributed by atoms with van der Waals surface area (Å²) in [4.78, 5) is 2.54. The lowest BCUT2D eigenvalue weighted by Crippen LogP contribution is -2.55. The minimum Gasteiger partial charge on any atom is -0.467 e. The van der Waals surface area contributed by atoms with Crippen molar-refractivity contribution in [3.8, 4) is 0 Å². The molecular weight excluding hydrogens is 280 g/mol. The van der Waals surface area contributed by atoms with Gasteiger partial charge in [-0.2, -0.15) is 0 Å². The number of nitrogens with one attached hydrogen (secondary N) is 1. The highest BCUT2D eigenvalue weighted by atomic mass is 79.9. The van der Waals surface area contributed by atoms with Gasteiger partial charge >= 0.3 is 0 Å². The second-order valence-electron chi connectivity index (χ2n) is 4.70. The van der Waals surface area contributed by atoms with E-state index in [4.69, 9.17) is 4.42 Å². The summed E-state index contributed by atoms with van der Waals surface area (Å²) in [6.45, 7) is 7.60. The number of hydrogen-bond acceptors (Lipinski definition) is 3. The fourth-order valence-electron chi connectivity index (χ4n) is 2.42. The molecule has 3 nitrogen and oxygen atoms in total. The van der Waals surface area contributed by atoms with Gasteiger partial charge < -0.3 is 9.73 Å². The highest BCUT2D eigenvalue weighted by Gasteiger charge is 2.26. The number of furan rings is 1. The molecule has 96 valence electrons. The predicted octanol–water partition coefficient (Wildman–Crippen LogP) is 3.00. The van der Waals surface area contributed by atoms with Gasteiger partial charge in [0.15, 0.2) is 0 Å². The summed E-state index contributed by atoms with van der Waals surface area (Å²) in [7, 11) is 0. The summed E-state index contributed by atoms with van der Waals surface area (Å²) in [6, 6.07) is 3.21. The number of nitrogens with zero attached hydrogens (tertiary/aromatic N) is 1. The van der Waals surface area contributed by atoms with Crippen LogP contribution in [0.4, 0.5) is 0 Å². The fourth-order valence-corrected chi connectivity index (χ4v) is 2.75. The van der Waals surface area contributed by atoms with Crippen molar-refractivity contribution in [1.82, 2.24) is 10.2 Å². The summed E-state index contributed by atoms with van der Waals surface area (Å²) in [5.41, 5.74) is 0. The zero-order valence-corrected chi connectivity index (χ0v) is 12.2. The smallest absolute Gasteiger partial charge is 0.131 e. The molecule has 0 aliphatic carbocycles. The van der Waals surface area contributed by atoms with Crippen molar-refractivity contribution in [3.05, 3.63) is 22.6 Å². The number of halogens is 1. The molecule has 1 aromatic heterocycles. The van der Waals surface area contributed by atoms with Crippen LogP contribution < -0.4 is 5.32 Å². The number of hydrogen-bond donors (Lipinski definition) is 1. The van der Waals surface area contributed by atoms with Crippen molar-refractivity contribution in [1.29, 1.82) is 0 Å². The Labute approximate surface area is 112 Å². The van der Waals surface area contributed by atoms with Crippen LogP contribution in [0.25, 0.3) is 0 Å². The predicted molar refractivity (Wildman–Crippen MR) is 73.0 cm³/mol. The number of piperazine rings is 1. The summed E-state index contributed by atoms with van der Waals surface area (Å²) < 4.78 is 6.60. The SMILES string of the molecule is CCC1CN(Cc2occc2Br)C(CC)CN1. The van der Waals surface area contributed by atoms with Crippen LogP contribution in [-0.2, 0) is 6.54 Å². The van der Waals surface area contributed by atoms with Crippen LogP contribution in [0.5, 0.6) is 0 Å². The summed E-state index contributed by atoms with van der Waals surface area (Å²) in [5, 5.41) is 3.61. The average molecular weight is 301 g/mol. The molecule has 0 saturated carbocycles. The maximum absolute atomic E-state index is 5.52. The highest BCUT2D eigenvalue weighted by Crippen LogP contribution is 2.22. The Morgan fingerprint density at radius 2 is 2.29 bits per heavy atom. The van der Waals surface area contributed by atoms with Gasteiger partial charge in [0.1, 0.15) is 5.76 Å². The monoisotopic (exact) mass is 300 g/mol. The molecule has 2 rings (SSSR count). The van der Waals surface area contributed by atoms with Crippen molar-refractivity contribution >= 4 is 15.9 Å². The van der Waals surface area contributed by atoms with Crippen molar-refractivity contribution < 1.29 is 4.42 Å². The largest absolute Gasteiger partial charge is 0.467 e. The molecule has 1 aliphatic rings. The lowest BCUT2D eigenvalue weighted by atomic mass is 10.1. The lowest BCUT2D eigenvalue weighted by molar-refractivity contribution is 0.109. The molecule has 1 aliphatic heterocycles. The molecule has 0 radical (unpaired) electrons. The number of rotatable bonds is 4. The molecular formula is C13H21BrN2O. The molecule has 0 aromatic carbocycles. The van der Waals surface area contributed by atoms with E-state index >= 15 is 0 Å². The van der Waals surface area contributed by atoms with Crippen molar-refractivity contribution in [2.75, 3.05) is 13.1 Å². The maximum atomic E-state index is 5.52. The Morgan fingerprint density at radius 3 is 2.88 bits per heavy atom. The van der Waals surface area contributed by atoms with Crippen LogP contribution in [0, 0.1) is 0 Å². The topological polar surface area (TPSA) is 28.4 Å². The molecule has 4 heteroatoms. The van der Waals surface area contributed by atoms with Gasteiger partial charge in [-0.05, 0) is 34.8 Å². The Kier molecular flexibility index (Phi) is 4.65. The van der Waals surface area contributed by atoms with E-state index in [0.717, 1.165) is 29.9 Å². The molecule has 1 saturated heterocycles. The first-order valence-electron chi connectivity index (χ1n) is 6.43. The van der Waals surface area contributed by atoms with E-state index in [0.29, 0.717) is 12.1 Å². The summed E-state index contributed by atoms with van der Waals surface area (Å²) in [6.07, 6.45) is 4.12. The maximum Gasteiger partial charge on any atom is 0.131 e. The van der Waals surface area contributed by atoms with Gasteiger partial charge in [0, 0.05) is 25.2 Å².